The number of piperidine rings is 1. The predicted molar refractivity (Wildman–Crippen MR) is 92.7 cm³/mol. The Hall–Kier alpha value is -2.41. The standard InChI is InChI=1S/C18H24N4O3/c1-11(19)13-4-3-9-22(10-13)15(23)12-5-7-14(8-6-12)18(2)16(24)20-17(25)21-18/h5-8,11,13H,3-4,9-10,19H2,1-2H3,(H2,20,21,24,25)/t11-,13-,18+/m0/s1. The van der Waals surface area contributed by atoms with Crippen molar-refractivity contribution in [1.82, 2.24) is 15.5 Å². The van der Waals surface area contributed by atoms with E-state index in [1.54, 1.807) is 31.2 Å². The van der Waals surface area contributed by atoms with Crippen LogP contribution in [0.1, 0.15) is 42.6 Å². The fourth-order valence-corrected chi connectivity index (χ4v) is 3.50. The summed E-state index contributed by atoms with van der Waals surface area (Å²) >= 11 is 0. The molecule has 2 saturated heterocycles. The summed E-state index contributed by atoms with van der Waals surface area (Å²) in [6.45, 7) is 5.03. The van der Waals surface area contributed by atoms with Crippen LogP contribution in [0.3, 0.4) is 0 Å². The number of carbonyl (C=O) groups excluding carboxylic acids is 3. The number of likely N-dealkylation sites (tertiary alicyclic amines) is 1. The van der Waals surface area contributed by atoms with Crippen LogP contribution in [0.5, 0.6) is 0 Å². The van der Waals surface area contributed by atoms with Crippen molar-refractivity contribution in [2.24, 2.45) is 11.7 Å². The van der Waals surface area contributed by atoms with E-state index in [0.29, 0.717) is 23.6 Å². The summed E-state index contributed by atoms with van der Waals surface area (Å²) in [5, 5.41) is 4.85. The largest absolute Gasteiger partial charge is 0.338 e. The minimum Gasteiger partial charge on any atom is -0.338 e. The molecule has 0 aromatic heterocycles. The quantitative estimate of drug-likeness (QED) is 0.710. The normalized spacial score (nSPS) is 27.6. The van der Waals surface area contributed by atoms with Crippen LogP contribution in [-0.2, 0) is 10.3 Å². The van der Waals surface area contributed by atoms with Gasteiger partial charge in [-0.25, -0.2) is 4.79 Å². The van der Waals surface area contributed by atoms with Gasteiger partial charge < -0.3 is 16.0 Å². The highest BCUT2D eigenvalue weighted by atomic mass is 16.2. The van der Waals surface area contributed by atoms with Gasteiger partial charge in [-0.3, -0.25) is 14.9 Å². The van der Waals surface area contributed by atoms with Crippen molar-refractivity contribution >= 4 is 17.8 Å². The lowest BCUT2D eigenvalue weighted by Gasteiger charge is -2.34. The highest BCUT2D eigenvalue weighted by Gasteiger charge is 2.43. The number of nitrogens with one attached hydrogen (secondary N) is 2. The maximum Gasteiger partial charge on any atom is 0.322 e. The Kier molecular flexibility index (Phi) is 4.51. The van der Waals surface area contributed by atoms with E-state index in [-0.39, 0.29) is 11.9 Å². The smallest absolute Gasteiger partial charge is 0.322 e. The number of hydrogen-bond donors (Lipinski definition) is 3. The van der Waals surface area contributed by atoms with Crippen LogP contribution in [0.4, 0.5) is 4.79 Å². The topological polar surface area (TPSA) is 105 Å². The molecule has 2 heterocycles. The molecular weight excluding hydrogens is 320 g/mol. The molecule has 2 aliphatic heterocycles. The number of rotatable bonds is 3. The van der Waals surface area contributed by atoms with Gasteiger partial charge in [0.2, 0.25) is 0 Å². The number of carbonyl (C=O) groups is 3. The zero-order chi connectivity index (χ0) is 18.2. The molecule has 0 spiro atoms. The summed E-state index contributed by atoms with van der Waals surface area (Å²) in [6.07, 6.45) is 2.01. The number of benzene rings is 1. The van der Waals surface area contributed by atoms with E-state index in [1.807, 2.05) is 11.8 Å². The van der Waals surface area contributed by atoms with E-state index >= 15 is 0 Å². The summed E-state index contributed by atoms with van der Waals surface area (Å²) < 4.78 is 0. The van der Waals surface area contributed by atoms with Crippen molar-refractivity contribution in [3.63, 3.8) is 0 Å². The average molecular weight is 344 g/mol. The number of imide groups is 1. The third kappa shape index (κ3) is 3.24. The molecule has 1 aromatic rings. The number of hydrogen-bond acceptors (Lipinski definition) is 4. The molecule has 0 unspecified atom stereocenters. The maximum absolute atomic E-state index is 12.7. The van der Waals surface area contributed by atoms with Crippen molar-refractivity contribution in [3.8, 4) is 0 Å². The van der Waals surface area contributed by atoms with Crippen LogP contribution in [0, 0.1) is 5.92 Å². The molecular formula is C18H24N4O3. The number of nitrogens with zero attached hydrogens (tertiary/aromatic N) is 1. The van der Waals surface area contributed by atoms with Gasteiger partial charge in [0.1, 0.15) is 5.54 Å². The first-order chi connectivity index (χ1) is 11.8. The first-order valence-electron chi connectivity index (χ1n) is 8.60. The Labute approximate surface area is 146 Å². The van der Waals surface area contributed by atoms with Gasteiger partial charge in [0, 0.05) is 24.7 Å². The zero-order valence-electron chi connectivity index (χ0n) is 14.5. The molecule has 25 heavy (non-hydrogen) atoms. The lowest BCUT2D eigenvalue weighted by atomic mass is 9.90. The second-order valence-electron chi connectivity index (χ2n) is 7.12. The molecule has 3 rings (SSSR count). The molecule has 2 fully saturated rings. The molecule has 4 N–H and O–H groups in total. The van der Waals surface area contributed by atoms with Gasteiger partial charge in [0.25, 0.3) is 11.8 Å². The molecule has 0 radical (unpaired) electrons. The second-order valence-corrected chi connectivity index (χ2v) is 7.12. The third-order valence-corrected chi connectivity index (χ3v) is 5.24. The minimum atomic E-state index is -1.11. The average Bonchev–Trinajstić information content (AvgIpc) is 2.87. The van der Waals surface area contributed by atoms with Crippen molar-refractivity contribution in [1.29, 1.82) is 0 Å². The van der Waals surface area contributed by atoms with Crippen molar-refractivity contribution in [2.45, 2.75) is 38.3 Å². The lowest BCUT2D eigenvalue weighted by molar-refractivity contribution is -0.123. The van der Waals surface area contributed by atoms with Gasteiger partial charge in [-0.15, -0.1) is 0 Å². The van der Waals surface area contributed by atoms with Gasteiger partial charge in [0.15, 0.2) is 0 Å². The molecule has 134 valence electrons. The second kappa shape index (κ2) is 6.48. The van der Waals surface area contributed by atoms with E-state index in [1.165, 1.54) is 0 Å². The number of amides is 4. The molecule has 0 bridgehead atoms. The van der Waals surface area contributed by atoms with Crippen molar-refractivity contribution in [2.75, 3.05) is 13.1 Å². The van der Waals surface area contributed by atoms with E-state index in [9.17, 15) is 14.4 Å². The van der Waals surface area contributed by atoms with Crippen LogP contribution in [0.15, 0.2) is 24.3 Å². The Bertz CT molecular complexity index is 701. The van der Waals surface area contributed by atoms with Gasteiger partial charge in [0.05, 0.1) is 0 Å². The predicted octanol–water partition coefficient (Wildman–Crippen LogP) is 0.941. The molecule has 0 saturated carbocycles. The van der Waals surface area contributed by atoms with Crippen molar-refractivity contribution < 1.29 is 14.4 Å². The maximum atomic E-state index is 12.7. The monoisotopic (exact) mass is 344 g/mol. The molecule has 4 amide bonds. The van der Waals surface area contributed by atoms with E-state index < -0.39 is 17.5 Å². The first-order valence-corrected chi connectivity index (χ1v) is 8.60. The fourth-order valence-electron chi connectivity index (χ4n) is 3.50. The Morgan fingerprint density at radius 3 is 2.56 bits per heavy atom. The summed E-state index contributed by atoms with van der Waals surface area (Å²) in [4.78, 5) is 38.0. The van der Waals surface area contributed by atoms with Gasteiger partial charge in [-0.1, -0.05) is 12.1 Å². The molecule has 0 aliphatic carbocycles. The third-order valence-electron chi connectivity index (χ3n) is 5.24. The molecule has 2 aliphatic rings. The van der Waals surface area contributed by atoms with E-state index in [2.05, 4.69) is 10.6 Å². The number of urea groups is 1. The molecule has 7 heteroatoms. The van der Waals surface area contributed by atoms with E-state index in [4.69, 9.17) is 5.73 Å². The van der Waals surface area contributed by atoms with Crippen LogP contribution in [0.2, 0.25) is 0 Å². The van der Waals surface area contributed by atoms with Crippen LogP contribution < -0.4 is 16.4 Å². The summed E-state index contributed by atoms with van der Waals surface area (Å²) in [5.41, 5.74) is 6.09. The SMILES string of the molecule is C[C@H](N)[C@H]1CCCN(C(=O)c2ccc([C@@]3(C)NC(=O)NC3=O)cc2)C1. The van der Waals surface area contributed by atoms with E-state index in [0.717, 1.165) is 19.4 Å². The molecule has 1 aromatic carbocycles. The van der Waals surface area contributed by atoms with Crippen LogP contribution in [0.25, 0.3) is 0 Å². The fraction of sp³-hybridized carbons (Fsp3) is 0.500. The van der Waals surface area contributed by atoms with Gasteiger partial charge in [-0.05, 0) is 50.3 Å². The molecule has 7 nitrogen and oxygen atoms in total. The zero-order valence-corrected chi connectivity index (χ0v) is 14.5. The first kappa shape index (κ1) is 17.4. The van der Waals surface area contributed by atoms with Gasteiger partial charge in [-0.2, -0.15) is 0 Å². The van der Waals surface area contributed by atoms with Crippen molar-refractivity contribution in [3.05, 3.63) is 35.4 Å². The Morgan fingerprint density at radius 1 is 1.32 bits per heavy atom. The Morgan fingerprint density at radius 2 is 2.00 bits per heavy atom. The lowest BCUT2D eigenvalue weighted by Crippen LogP contribution is -2.45. The van der Waals surface area contributed by atoms with Crippen LogP contribution in [-0.4, -0.2) is 41.9 Å². The summed E-state index contributed by atoms with van der Waals surface area (Å²) in [5.74, 6) is -0.0948. The summed E-state index contributed by atoms with van der Waals surface area (Å²) in [7, 11) is 0. The van der Waals surface area contributed by atoms with Crippen LogP contribution >= 0.6 is 0 Å². The highest BCUT2D eigenvalue weighted by molar-refractivity contribution is 6.07. The van der Waals surface area contributed by atoms with Gasteiger partial charge >= 0.3 is 6.03 Å². The number of nitrogens with two attached hydrogens (primary N) is 1. The summed E-state index contributed by atoms with van der Waals surface area (Å²) in [6, 6.07) is 6.40. The molecule has 3 atom stereocenters. The minimum absolute atomic E-state index is 0.0260. The highest BCUT2D eigenvalue weighted by Crippen LogP contribution is 2.26. The Balaban J connectivity index is 1.75.